The summed E-state index contributed by atoms with van der Waals surface area (Å²) in [5.74, 6) is 1.06. The van der Waals surface area contributed by atoms with Crippen LogP contribution in [0.3, 0.4) is 0 Å². The van der Waals surface area contributed by atoms with Crippen LogP contribution in [-0.4, -0.2) is 56.9 Å². The lowest BCUT2D eigenvalue weighted by molar-refractivity contribution is -0.137. The van der Waals surface area contributed by atoms with Crippen LogP contribution in [0, 0.1) is 35.0 Å². The Hall–Kier alpha value is -0.880. The molecule has 0 aromatic heterocycles. The smallest absolute Gasteiger partial charge is 0.256 e. The highest BCUT2D eigenvalue weighted by Crippen LogP contribution is 2.64. The van der Waals surface area contributed by atoms with Gasteiger partial charge < -0.3 is 14.7 Å². The SMILES string of the molecule is CC1=C2C(=O)[C@H]3[C@@H](CC=C4C[C@@H](O)CC[C@@]43C)[C@@H]2CC[C@]12O[C@@H]1C[C@H](C)CN(C(=O)C(Cl)Cl)[C@H]1[C@H]2C. The highest BCUT2D eigenvalue weighted by molar-refractivity contribution is 6.53. The average Bonchev–Trinajstić information content (AvgIpc) is 3.28. The molecule has 2 heterocycles. The third-order valence-corrected chi connectivity index (χ3v) is 11.6. The van der Waals surface area contributed by atoms with E-state index in [1.807, 2.05) is 4.90 Å². The minimum Gasteiger partial charge on any atom is -0.393 e. The summed E-state index contributed by atoms with van der Waals surface area (Å²) in [6.07, 6.45) is 7.99. The van der Waals surface area contributed by atoms with E-state index in [9.17, 15) is 14.7 Å². The third-order valence-electron chi connectivity index (χ3n) is 11.2. The van der Waals surface area contributed by atoms with E-state index in [1.165, 1.54) is 5.57 Å². The highest BCUT2D eigenvalue weighted by Gasteiger charge is 2.64. The van der Waals surface area contributed by atoms with E-state index >= 15 is 0 Å². The number of rotatable bonds is 1. The number of aliphatic hydroxyl groups excluding tert-OH is 1. The summed E-state index contributed by atoms with van der Waals surface area (Å²) in [5.41, 5.74) is 2.73. The van der Waals surface area contributed by atoms with Crippen LogP contribution in [0.4, 0.5) is 0 Å². The Morgan fingerprint density at radius 2 is 2.00 bits per heavy atom. The predicted octanol–water partition coefficient (Wildman–Crippen LogP) is 5.22. The monoisotopic (exact) mass is 535 g/mol. The quantitative estimate of drug-likeness (QED) is 0.369. The van der Waals surface area contributed by atoms with E-state index in [2.05, 4.69) is 33.8 Å². The molecule has 2 aliphatic heterocycles. The summed E-state index contributed by atoms with van der Waals surface area (Å²) < 4.78 is 6.97. The van der Waals surface area contributed by atoms with Gasteiger partial charge in [0.25, 0.3) is 5.91 Å². The zero-order valence-electron chi connectivity index (χ0n) is 21.8. The van der Waals surface area contributed by atoms with Crippen molar-refractivity contribution in [2.24, 2.45) is 35.0 Å². The molecule has 36 heavy (non-hydrogen) atoms. The molecule has 7 heteroatoms. The largest absolute Gasteiger partial charge is 0.393 e. The molecule has 1 spiro atoms. The number of halogens is 2. The van der Waals surface area contributed by atoms with E-state index in [0.717, 1.165) is 49.7 Å². The van der Waals surface area contributed by atoms with E-state index in [1.54, 1.807) is 0 Å². The number of piperidine rings is 1. The van der Waals surface area contributed by atoms with Crippen LogP contribution in [0.1, 0.15) is 72.6 Å². The van der Waals surface area contributed by atoms with Gasteiger partial charge in [-0.3, -0.25) is 9.59 Å². The number of allylic oxidation sites excluding steroid dienone is 2. The molecule has 0 bridgehead atoms. The molecule has 0 unspecified atom stereocenters. The Balaban J connectivity index is 1.38. The normalized spacial score (nSPS) is 48.1. The van der Waals surface area contributed by atoms with Crippen LogP contribution in [0.5, 0.6) is 0 Å². The zero-order valence-corrected chi connectivity index (χ0v) is 23.3. The number of ether oxygens (including phenoxy) is 1. The number of Topliss-reactive ketones (excluding diaryl/α,β-unsaturated/α-hetero) is 1. The molecule has 6 aliphatic rings. The molecule has 0 aromatic rings. The maximum absolute atomic E-state index is 14.3. The van der Waals surface area contributed by atoms with Crippen molar-refractivity contribution < 1.29 is 19.4 Å². The minimum absolute atomic E-state index is 0.000408. The molecule has 1 amide bonds. The first-order valence-corrected chi connectivity index (χ1v) is 14.8. The number of carbonyl (C=O) groups is 2. The fraction of sp³-hybridized carbons (Fsp3) is 0.793. The van der Waals surface area contributed by atoms with Crippen LogP contribution < -0.4 is 0 Å². The maximum atomic E-state index is 14.3. The third kappa shape index (κ3) is 3.34. The fourth-order valence-corrected chi connectivity index (χ4v) is 9.79. The van der Waals surface area contributed by atoms with Gasteiger partial charge in [-0.15, -0.1) is 0 Å². The Kier molecular flexibility index (Phi) is 6.04. The van der Waals surface area contributed by atoms with Gasteiger partial charge in [-0.1, -0.05) is 55.6 Å². The second-order valence-corrected chi connectivity index (χ2v) is 14.0. The van der Waals surface area contributed by atoms with Crippen molar-refractivity contribution in [3.05, 3.63) is 22.8 Å². The van der Waals surface area contributed by atoms with Crippen molar-refractivity contribution >= 4 is 34.9 Å². The lowest BCUT2D eigenvalue weighted by Gasteiger charge is -2.48. The Labute approximate surface area is 224 Å². The number of aliphatic hydroxyl groups is 1. The van der Waals surface area contributed by atoms with Gasteiger partial charge in [0, 0.05) is 24.0 Å². The van der Waals surface area contributed by atoms with Crippen LogP contribution >= 0.6 is 23.2 Å². The molecule has 4 fully saturated rings. The Morgan fingerprint density at radius 3 is 2.72 bits per heavy atom. The summed E-state index contributed by atoms with van der Waals surface area (Å²) in [6.45, 7) is 9.38. The number of ketones is 1. The second-order valence-electron chi connectivity index (χ2n) is 12.9. The van der Waals surface area contributed by atoms with E-state index in [-0.39, 0.29) is 47.3 Å². The number of carbonyl (C=O) groups excluding carboxylic acids is 2. The molecule has 1 N–H and O–H groups in total. The molecule has 0 aromatic carbocycles. The molecule has 5 nitrogen and oxygen atoms in total. The van der Waals surface area contributed by atoms with Crippen molar-refractivity contribution in [2.75, 3.05) is 6.54 Å². The summed E-state index contributed by atoms with van der Waals surface area (Å²) in [7, 11) is 0. The lowest BCUT2D eigenvalue weighted by atomic mass is 9.56. The van der Waals surface area contributed by atoms with Crippen LogP contribution in [0.25, 0.3) is 0 Å². The van der Waals surface area contributed by atoms with Gasteiger partial charge in [0.05, 0.1) is 23.9 Å². The van der Waals surface area contributed by atoms with Crippen molar-refractivity contribution in [1.29, 1.82) is 0 Å². The number of amides is 1. The average molecular weight is 537 g/mol. The molecule has 10 atom stereocenters. The molecule has 0 radical (unpaired) electrons. The van der Waals surface area contributed by atoms with E-state index < -0.39 is 10.4 Å². The zero-order chi connectivity index (χ0) is 25.7. The molecule has 6 rings (SSSR count). The summed E-state index contributed by atoms with van der Waals surface area (Å²) in [6, 6.07) is -0.0785. The van der Waals surface area contributed by atoms with Gasteiger partial charge in [0.1, 0.15) is 0 Å². The Morgan fingerprint density at radius 1 is 1.25 bits per heavy atom. The van der Waals surface area contributed by atoms with Crippen LogP contribution in [-0.2, 0) is 14.3 Å². The minimum atomic E-state index is -1.08. The van der Waals surface area contributed by atoms with Crippen LogP contribution in [0.15, 0.2) is 22.8 Å². The Bertz CT molecular complexity index is 1050. The van der Waals surface area contributed by atoms with Crippen molar-refractivity contribution in [3.63, 3.8) is 0 Å². The number of hydrogen-bond acceptors (Lipinski definition) is 4. The first-order valence-electron chi connectivity index (χ1n) is 13.9. The number of likely N-dealkylation sites (tertiary alicyclic amines) is 1. The van der Waals surface area contributed by atoms with Crippen molar-refractivity contribution in [1.82, 2.24) is 4.90 Å². The molecule has 2 saturated heterocycles. The van der Waals surface area contributed by atoms with Gasteiger partial charge in [-0.05, 0) is 80.6 Å². The predicted molar refractivity (Wildman–Crippen MR) is 140 cm³/mol. The number of fused-ring (bicyclic) bond motifs is 6. The first-order chi connectivity index (χ1) is 17.0. The highest BCUT2D eigenvalue weighted by atomic mass is 35.5. The standard InChI is InChI=1S/C29H39Cl2NO4/c1-14-11-21-24(32(13-14)27(35)26(30)31)16(3)29(36-21)10-8-19-20-6-5-17-12-18(33)7-9-28(17,4)23(20)25(34)22(19)15(29)2/h5,14,16,18-21,23-24,26,33H,6-13H2,1-4H3/t14-,16+,18-,19-,20-,21+,23+,24-,28-,29-/m0/s1. The van der Waals surface area contributed by atoms with E-state index in [0.29, 0.717) is 30.6 Å². The molecular weight excluding hydrogens is 497 g/mol. The number of hydrogen-bond donors (Lipinski definition) is 1. The van der Waals surface area contributed by atoms with Crippen molar-refractivity contribution in [3.8, 4) is 0 Å². The topological polar surface area (TPSA) is 66.8 Å². The molecule has 2 saturated carbocycles. The summed E-state index contributed by atoms with van der Waals surface area (Å²) in [5, 5.41) is 10.3. The van der Waals surface area contributed by atoms with Crippen LogP contribution in [0.2, 0.25) is 0 Å². The second kappa shape index (κ2) is 8.56. The van der Waals surface area contributed by atoms with Gasteiger partial charge in [-0.2, -0.15) is 0 Å². The summed E-state index contributed by atoms with van der Waals surface area (Å²) >= 11 is 12.1. The first kappa shape index (κ1) is 25.4. The van der Waals surface area contributed by atoms with Gasteiger partial charge in [0.15, 0.2) is 10.6 Å². The number of nitrogens with zero attached hydrogens (tertiary/aromatic N) is 1. The molecule has 4 aliphatic carbocycles. The van der Waals surface area contributed by atoms with Gasteiger partial charge in [-0.25, -0.2) is 0 Å². The molecular formula is C29H39Cl2NO4. The van der Waals surface area contributed by atoms with Crippen molar-refractivity contribution in [2.45, 2.75) is 101 Å². The fourth-order valence-electron chi connectivity index (χ4n) is 9.54. The lowest BCUT2D eigenvalue weighted by Crippen LogP contribution is -2.55. The van der Waals surface area contributed by atoms with Gasteiger partial charge in [0.2, 0.25) is 0 Å². The summed E-state index contributed by atoms with van der Waals surface area (Å²) in [4.78, 5) is 28.1. The van der Waals surface area contributed by atoms with E-state index in [4.69, 9.17) is 27.9 Å². The maximum Gasteiger partial charge on any atom is 0.256 e. The number of alkyl halides is 2. The molecule has 198 valence electrons. The van der Waals surface area contributed by atoms with Gasteiger partial charge >= 0.3 is 0 Å².